The first-order valence-corrected chi connectivity index (χ1v) is 11.9. The zero-order chi connectivity index (χ0) is 21.6. The van der Waals surface area contributed by atoms with Crippen molar-refractivity contribution in [1.29, 1.82) is 0 Å². The van der Waals surface area contributed by atoms with E-state index in [0.29, 0.717) is 5.56 Å². The first kappa shape index (κ1) is 21.3. The minimum Gasteiger partial charge on any atom is -0.373 e. The van der Waals surface area contributed by atoms with Crippen LogP contribution in [0.1, 0.15) is 36.7 Å². The number of sulfonamides is 1. The molecule has 1 fully saturated rings. The maximum absolute atomic E-state index is 13.3. The Morgan fingerprint density at radius 2 is 1.73 bits per heavy atom. The van der Waals surface area contributed by atoms with Crippen molar-refractivity contribution in [2.75, 3.05) is 18.0 Å². The Morgan fingerprint density at radius 1 is 1.07 bits per heavy atom. The third kappa shape index (κ3) is 3.75. The standard InChI is InChI=1S/C22H25ClN2O4S/c1-14-10-17-6-4-5-7-20(17)25(14)22(26)18-8-9-19(23)21(11-18)30(27,28)24-12-15(2)29-16(3)13-24/h4-9,11,14-16H,10,12-13H2,1-3H3/t14-,15-,16-/m0/s1. The monoisotopic (exact) mass is 448 g/mol. The van der Waals surface area contributed by atoms with Gasteiger partial charge >= 0.3 is 0 Å². The number of amides is 1. The molecule has 2 heterocycles. The summed E-state index contributed by atoms with van der Waals surface area (Å²) in [5.41, 5.74) is 2.28. The highest BCUT2D eigenvalue weighted by atomic mass is 35.5. The predicted molar refractivity (Wildman–Crippen MR) is 117 cm³/mol. The minimum atomic E-state index is -3.86. The van der Waals surface area contributed by atoms with Crippen molar-refractivity contribution in [3.63, 3.8) is 0 Å². The molecule has 0 aliphatic carbocycles. The molecule has 2 aromatic carbocycles. The van der Waals surface area contributed by atoms with Crippen LogP contribution in [0.25, 0.3) is 0 Å². The van der Waals surface area contributed by atoms with E-state index in [1.54, 1.807) is 11.0 Å². The fraction of sp³-hybridized carbons (Fsp3) is 0.409. The van der Waals surface area contributed by atoms with Crippen LogP contribution in [0.3, 0.4) is 0 Å². The van der Waals surface area contributed by atoms with Gasteiger partial charge in [0.2, 0.25) is 10.0 Å². The topological polar surface area (TPSA) is 66.9 Å². The third-order valence-corrected chi connectivity index (χ3v) is 7.92. The van der Waals surface area contributed by atoms with E-state index >= 15 is 0 Å². The van der Waals surface area contributed by atoms with Gasteiger partial charge in [-0.25, -0.2) is 8.42 Å². The number of halogens is 1. The molecule has 0 spiro atoms. The summed E-state index contributed by atoms with van der Waals surface area (Å²) in [4.78, 5) is 15.0. The van der Waals surface area contributed by atoms with Crippen molar-refractivity contribution >= 4 is 33.2 Å². The zero-order valence-electron chi connectivity index (χ0n) is 17.2. The van der Waals surface area contributed by atoms with Crippen LogP contribution in [0.4, 0.5) is 5.69 Å². The van der Waals surface area contributed by atoms with E-state index < -0.39 is 10.0 Å². The maximum Gasteiger partial charge on any atom is 0.258 e. The number of morpholine rings is 1. The summed E-state index contributed by atoms with van der Waals surface area (Å²) in [5, 5.41) is 0.105. The van der Waals surface area contributed by atoms with Gasteiger partial charge in [0.05, 0.1) is 17.2 Å². The SMILES string of the molecule is C[C@H]1CN(S(=O)(=O)c2cc(C(=O)N3c4ccccc4C[C@@H]3C)ccc2Cl)C[C@H](C)O1. The number of carbonyl (C=O) groups excluding carboxylic acids is 1. The molecule has 8 heteroatoms. The Balaban J connectivity index is 1.69. The number of ether oxygens (including phenoxy) is 1. The summed E-state index contributed by atoms with van der Waals surface area (Å²) in [7, 11) is -3.86. The Labute approximate surface area is 182 Å². The van der Waals surface area contributed by atoms with Crippen molar-refractivity contribution in [3.8, 4) is 0 Å². The Bertz CT molecular complexity index is 1080. The molecular weight excluding hydrogens is 424 g/mol. The van der Waals surface area contributed by atoms with Crippen LogP contribution in [0.2, 0.25) is 5.02 Å². The normalized spacial score (nSPS) is 24.7. The molecule has 0 bridgehead atoms. The zero-order valence-corrected chi connectivity index (χ0v) is 18.8. The van der Waals surface area contributed by atoms with Crippen molar-refractivity contribution in [1.82, 2.24) is 4.31 Å². The van der Waals surface area contributed by atoms with E-state index in [0.717, 1.165) is 17.7 Å². The second-order valence-corrected chi connectivity index (χ2v) is 10.4. The Morgan fingerprint density at radius 3 is 2.43 bits per heavy atom. The van der Waals surface area contributed by atoms with Gasteiger partial charge in [-0.1, -0.05) is 29.8 Å². The Kier molecular flexibility index (Phi) is 5.66. The number of benzene rings is 2. The van der Waals surface area contributed by atoms with Crippen molar-refractivity contribution in [2.24, 2.45) is 0 Å². The molecule has 2 aliphatic heterocycles. The maximum atomic E-state index is 13.3. The van der Waals surface area contributed by atoms with Gasteiger partial charge < -0.3 is 9.64 Å². The molecule has 0 N–H and O–H groups in total. The van der Waals surface area contributed by atoms with Crippen LogP contribution >= 0.6 is 11.6 Å². The molecule has 4 rings (SSSR count). The van der Waals surface area contributed by atoms with Crippen molar-refractivity contribution in [2.45, 2.75) is 50.3 Å². The molecule has 2 aliphatic rings. The Hall–Kier alpha value is -1.93. The van der Waals surface area contributed by atoms with Gasteiger partial charge in [-0.15, -0.1) is 0 Å². The molecule has 1 saturated heterocycles. The highest BCUT2D eigenvalue weighted by Gasteiger charge is 2.35. The number of fused-ring (bicyclic) bond motifs is 1. The van der Waals surface area contributed by atoms with E-state index in [4.69, 9.17) is 16.3 Å². The first-order chi connectivity index (χ1) is 14.2. The van der Waals surface area contributed by atoms with Gasteiger partial charge in [0.25, 0.3) is 5.91 Å². The van der Waals surface area contributed by atoms with Crippen molar-refractivity contribution in [3.05, 3.63) is 58.6 Å². The smallest absolute Gasteiger partial charge is 0.258 e. The summed E-state index contributed by atoms with van der Waals surface area (Å²) in [6.45, 7) is 6.16. The number of para-hydroxylation sites is 1. The molecule has 0 radical (unpaired) electrons. The highest BCUT2D eigenvalue weighted by Crippen LogP contribution is 2.34. The molecule has 2 aromatic rings. The largest absolute Gasteiger partial charge is 0.373 e. The van der Waals surface area contributed by atoms with Crippen LogP contribution in [-0.4, -0.2) is 50.0 Å². The van der Waals surface area contributed by atoms with Crippen molar-refractivity contribution < 1.29 is 17.9 Å². The van der Waals surface area contributed by atoms with E-state index in [1.807, 2.05) is 45.0 Å². The van der Waals surface area contributed by atoms with Gasteiger partial charge in [0.1, 0.15) is 4.90 Å². The number of anilines is 1. The third-order valence-electron chi connectivity index (χ3n) is 5.61. The van der Waals surface area contributed by atoms with Gasteiger partial charge in [-0.3, -0.25) is 4.79 Å². The lowest BCUT2D eigenvalue weighted by Crippen LogP contribution is -2.48. The summed E-state index contributed by atoms with van der Waals surface area (Å²) >= 11 is 6.28. The first-order valence-electron chi connectivity index (χ1n) is 10.0. The number of carbonyl (C=O) groups is 1. The van der Waals surface area contributed by atoms with E-state index in [2.05, 4.69) is 0 Å². The van der Waals surface area contributed by atoms with Gasteiger partial charge in [0, 0.05) is 30.4 Å². The number of nitrogens with zero attached hydrogens (tertiary/aromatic N) is 2. The number of hydrogen-bond acceptors (Lipinski definition) is 4. The molecular formula is C22H25ClN2O4S. The van der Waals surface area contributed by atoms with Crippen LogP contribution in [0.15, 0.2) is 47.4 Å². The lowest BCUT2D eigenvalue weighted by Gasteiger charge is -2.34. The van der Waals surface area contributed by atoms with Crippen LogP contribution in [0, 0.1) is 0 Å². The lowest BCUT2D eigenvalue weighted by molar-refractivity contribution is -0.0440. The second-order valence-electron chi connectivity index (χ2n) is 8.08. The van der Waals surface area contributed by atoms with E-state index in [1.165, 1.54) is 16.4 Å². The van der Waals surface area contributed by atoms with Crippen LogP contribution < -0.4 is 4.90 Å². The molecule has 30 heavy (non-hydrogen) atoms. The molecule has 1 amide bonds. The average Bonchev–Trinajstić information content (AvgIpc) is 3.02. The molecule has 0 unspecified atom stereocenters. The number of hydrogen-bond donors (Lipinski definition) is 0. The van der Waals surface area contributed by atoms with Crippen LogP contribution in [-0.2, 0) is 21.2 Å². The second kappa shape index (κ2) is 7.96. The lowest BCUT2D eigenvalue weighted by atomic mass is 10.1. The molecule has 0 aromatic heterocycles. The fourth-order valence-corrected chi connectivity index (χ4v) is 6.41. The van der Waals surface area contributed by atoms with E-state index in [-0.39, 0.29) is 47.2 Å². The van der Waals surface area contributed by atoms with E-state index in [9.17, 15) is 13.2 Å². The molecule has 6 nitrogen and oxygen atoms in total. The highest BCUT2D eigenvalue weighted by molar-refractivity contribution is 7.89. The van der Waals surface area contributed by atoms with Gasteiger partial charge in [0.15, 0.2) is 0 Å². The molecule has 0 saturated carbocycles. The molecule has 3 atom stereocenters. The van der Waals surface area contributed by atoms with Gasteiger partial charge in [-0.2, -0.15) is 4.31 Å². The average molecular weight is 449 g/mol. The predicted octanol–water partition coefficient (Wildman–Crippen LogP) is 3.73. The summed E-state index contributed by atoms with van der Waals surface area (Å²) in [6, 6.07) is 12.2. The summed E-state index contributed by atoms with van der Waals surface area (Å²) < 4.78 is 33.7. The minimum absolute atomic E-state index is 0.00780. The number of rotatable bonds is 3. The summed E-state index contributed by atoms with van der Waals surface area (Å²) in [5.74, 6) is -0.232. The van der Waals surface area contributed by atoms with Crippen LogP contribution in [0.5, 0.6) is 0 Å². The summed E-state index contributed by atoms with van der Waals surface area (Å²) in [6.07, 6.45) is 0.340. The molecule has 160 valence electrons. The fourth-order valence-electron chi connectivity index (χ4n) is 4.31. The quantitative estimate of drug-likeness (QED) is 0.717. The van der Waals surface area contributed by atoms with Gasteiger partial charge in [-0.05, 0) is 57.0 Å².